The lowest BCUT2D eigenvalue weighted by molar-refractivity contribution is -0.137. The van der Waals surface area contributed by atoms with Crippen LogP contribution in [0.25, 0.3) is 0 Å². The first-order valence-corrected chi connectivity index (χ1v) is 10.5. The van der Waals surface area contributed by atoms with E-state index in [1.165, 1.54) is 6.33 Å². The molecule has 0 radical (unpaired) electrons. The average molecular weight is 461 g/mol. The van der Waals surface area contributed by atoms with Crippen molar-refractivity contribution in [3.8, 4) is 0 Å². The Morgan fingerprint density at radius 1 is 1.27 bits per heavy atom. The second-order valence-electron chi connectivity index (χ2n) is 6.91. The molecule has 6 nitrogen and oxygen atoms in total. The number of rotatable bonds is 5. The topological polar surface area (TPSA) is 67.4 Å². The molecule has 2 heterocycles. The molecule has 1 fully saturated rings. The van der Waals surface area contributed by atoms with E-state index in [1.54, 1.807) is 6.07 Å². The van der Waals surface area contributed by atoms with Gasteiger partial charge in [-0.2, -0.15) is 13.2 Å². The van der Waals surface area contributed by atoms with Crippen molar-refractivity contribution in [2.24, 2.45) is 0 Å². The van der Waals surface area contributed by atoms with Crippen molar-refractivity contribution >= 4 is 40.8 Å². The molecule has 0 aliphatic carbocycles. The van der Waals surface area contributed by atoms with Gasteiger partial charge in [0.05, 0.1) is 34.2 Å². The number of nitrogens with zero attached hydrogens (tertiary/aromatic N) is 3. The number of amides is 1. The van der Waals surface area contributed by atoms with Crippen LogP contribution in [0.2, 0.25) is 5.02 Å². The van der Waals surface area contributed by atoms with Crippen molar-refractivity contribution in [2.45, 2.75) is 37.3 Å². The number of morpholine rings is 1. The minimum Gasteiger partial charge on any atom is -0.372 e. The van der Waals surface area contributed by atoms with Gasteiger partial charge in [0, 0.05) is 19.2 Å². The summed E-state index contributed by atoms with van der Waals surface area (Å²) in [5.41, 5.74) is -0.971. The minimum absolute atomic E-state index is 0.0289. The van der Waals surface area contributed by atoms with Gasteiger partial charge >= 0.3 is 6.18 Å². The molecular weight excluding hydrogens is 441 g/mol. The molecule has 0 spiro atoms. The number of alkyl halides is 3. The van der Waals surface area contributed by atoms with Gasteiger partial charge in [-0.25, -0.2) is 9.97 Å². The molecule has 0 bridgehead atoms. The summed E-state index contributed by atoms with van der Waals surface area (Å²) in [5.74, 6) is 0.199. The van der Waals surface area contributed by atoms with E-state index in [-0.39, 0.29) is 28.7 Å². The number of ether oxygens (including phenoxy) is 1. The highest BCUT2D eigenvalue weighted by Gasteiger charge is 2.31. The second kappa shape index (κ2) is 9.40. The monoisotopic (exact) mass is 460 g/mol. The standard InChI is InChI=1S/C19H20ClF3N4O2S/c1-11-7-27(8-12(2)29-11)16-6-18(25-10-24-16)30-9-17(28)26-15-5-13(19(21,22)23)3-4-14(15)20/h3-6,10-12H,7-9H2,1-2H3,(H,26,28). The number of halogens is 4. The van der Waals surface area contributed by atoms with Gasteiger partial charge in [0.1, 0.15) is 17.2 Å². The van der Waals surface area contributed by atoms with Gasteiger partial charge in [-0.05, 0) is 32.0 Å². The molecule has 1 aliphatic heterocycles. The average Bonchev–Trinajstić information content (AvgIpc) is 2.67. The van der Waals surface area contributed by atoms with Gasteiger partial charge in [-0.1, -0.05) is 23.4 Å². The molecule has 2 atom stereocenters. The lowest BCUT2D eigenvalue weighted by Gasteiger charge is -2.36. The number of carbonyl (C=O) groups is 1. The third-order valence-electron chi connectivity index (χ3n) is 4.29. The number of aromatic nitrogens is 2. The number of benzene rings is 1. The molecule has 2 aromatic rings. The highest BCUT2D eigenvalue weighted by molar-refractivity contribution is 7.99. The van der Waals surface area contributed by atoms with Crippen LogP contribution in [0.5, 0.6) is 0 Å². The first-order valence-electron chi connectivity index (χ1n) is 9.13. The van der Waals surface area contributed by atoms with E-state index in [1.807, 2.05) is 13.8 Å². The molecule has 1 N–H and O–H groups in total. The zero-order valence-corrected chi connectivity index (χ0v) is 17.8. The third kappa shape index (κ3) is 5.99. The normalized spacial score (nSPS) is 19.6. The maximum atomic E-state index is 12.9. The molecular formula is C19H20ClF3N4O2S. The summed E-state index contributed by atoms with van der Waals surface area (Å²) in [4.78, 5) is 22.8. The lowest BCUT2D eigenvalue weighted by atomic mass is 10.2. The maximum absolute atomic E-state index is 12.9. The fourth-order valence-corrected chi connectivity index (χ4v) is 3.90. The number of carbonyl (C=O) groups excluding carboxylic acids is 1. The molecule has 11 heteroatoms. The van der Waals surface area contributed by atoms with E-state index in [2.05, 4.69) is 20.2 Å². The van der Waals surface area contributed by atoms with Gasteiger partial charge in [0.15, 0.2) is 0 Å². The number of hydrogen-bond acceptors (Lipinski definition) is 6. The number of thioether (sulfide) groups is 1. The molecule has 1 aromatic heterocycles. The number of hydrogen-bond donors (Lipinski definition) is 1. The Morgan fingerprint density at radius 3 is 2.63 bits per heavy atom. The largest absolute Gasteiger partial charge is 0.416 e. The molecule has 162 valence electrons. The molecule has 2 unspecified atom stereocenters. The van der Waals surface area contributed by atoms with Crippen LogP contribution >= 0.6 is 23.4 Å². The highest BCUT2D eigenvalue weighted by Crippen LogP contribution is 2.34. The zero-order valence-electron chi connectivity index (χ0n) is 16.2. The van der Waals surface area contributed by atoms with Crippen LogP contribution in [0.1, 0.15) is 19.4 Å². The Kier molecular flexibility index (Phi) is 7.10. The Morgan fingerprint density at radius 2 is 1.97 bits per heavy atom. The van der Waals surface area contributed by atoms with Crippen molar-refractivity contribution in [1.82, 2.24) is 9.97 Å². The van der Waals surface area contributed by atoms with Crippen LogP contribution in [0.15, 0.2) is 35.6 Å². The summed E-state index contributed by atoms with van der Waals surface area (Å²) in [5, 5.41) is 3.03. The van der Waals surface area contributed by atoms with Crippen LogP contribution in [0, 0.1) is 0 Å². The number of nitrogens with one attached hydrogen (secondary N) is 1. The maximum Gasteiger partial charge on any atom is 0.416 e. The molecule has 0 saturated carbocycles. The lowest BCUT2D eigenvalue weighted by Crippen LogP contribution is -2.45. The van der Waals surface area contributed by atoms with Crippen LogP contribution in [-0.2, 0) is 15.7 Å². The smallest absolute Gasteiger partial charge is 0.372 e. The van der Waals surface area contributed by atoms with Crippen molar-refractivity contribution in [3.05, 3.63) is 41.2 Å². The van der Waals surface area contributed by atoms with Crippen LogP contribution in [-0.4, -0.2) is 46.9 Å². The van der Waals surface area contributed by atoms with E-state index in [4.69, 9.17) is 16.3 Å². The predicted octanol–water partition coefficient (Wildman–Crippen LogP) is 4.49. The fraction of sp³-hybridized carbons (Fsp3) is 0.421. The van der Waals surface area contributed by atoms with Crippen molar-refractivity contribution in [2.75, 3.05) is 29.1 Å². The SMILES string of the molecule is CC1CN(c2cc(SCC(=O)Nc3cc(C(F)(F)F)ccc3Cl)ncn2)CC(C)O1. The Balaban J connectivity index is 1.62. The highest BCUT2D eigenvalue weighted by atomic mass is 35.5. The van der Waals surface area contributed by atoms with Crippen molar-refractivity contribution < 1.29 is 22.7 Å². The summed E-state index contributed by atoms with van der Waals surface area (Å²) in [6, 6.07) is 4.56. The second-order valence-corrected chi connectivity index (χ2v) is 8.31. The fourth-order valence-electron chi connectivity index (χ4n) is 3.07. The van der Waals surface area contributed by atoms with Gasteiger partial charge in [-0.15, -0.1) is 0 Å². The summed E-state index contributed by atoms with van der Waals surface area (Å²) in [6.45, 7) is 5.37. The Hall–Kier alpha value is -2.04. The Bertz CT molecular complexity index is 906. The van der Waals surface area contributed by atoms with E-state index in [9.17, 15) is 18.0 Å². The van der Waals surface area contributed by atoms with E-state index < -0.39 is 17.6 Å². The summed E-state index contributed by atoms with van der Waals surface area (Å²) < 4.78 is 44.3. The van der Waals surface area contributed by atoms with Gasteiger partial charge in [0.2, 0.25) is 5.91 Å². The molecule has 1 saturated heterocycles. The molecule has 1 aliphatic rings. The molecule has 30 heavy (non-hydrogen) atoms. The third-order valence-corrected chi connectivity index (χ3v) is 5.55. The quantitative estimate of drug-likeness (QED) is 0.523. The first-order chi connectivity index (χ1) is 14.1. The minimum atomic E-state index is -4.52. The molecule has 1 amide bonds. The molecule has 1 aromatic carbocycles. The van der Waals surface area contributed by atoms with Crippen LogP contribution < -0.4 is 10.2 Å². The van der Waals surface area contributed by atoms with E-state index >= 15 is 0 Å². The summed E-state index contributed by atoms with van der Waals surface area (Å²) >= 11 is 7.07. The van der Waals surface area contributed by atoms with E-state index in [0.29, 0.717) is 18.1 Å². The zero-order chi connectivity index (χ0) is 21.9. The molecule has 3 rings (SSSR count). The van der Waals surface area contributed by atoms with Crippen molar-refractivity contribution in [3.63, 3.8) is 0 Å². The van der Waals surface area contributed by atoms with Gasteiger partial charge in [-0.3, -0.25) is 4.79 Å². The summed E-state index contributed by atoms with van der Waals surface area (Å²) in [6.07, 6.45) is -2.96. The van der Waals surface area contributed by atoms with Gasteiger partial charge < -0.3 is 15.0 Å². The van der Waals surface area contributed by atoms with Gasteiger partial charge in [0.25, 0.3) is 0 Å². The van der Waals surface area contributed by atoms with Crippen molar-refractivity contribution in [1.29, 1.82) is 0 Å². The summed E-state index contributed by atoms with van der Waals surface area (Å²) in [7, 11) is 0. The number of anilines is 2. The first kappa shape index (κ1) is 22.6. The van der Waals surface area contributed by atoms with Crippen LogP contribution in [0.4, 0.5) is 24.7 Å². The van der Waals surface area contributed by atoms with E-state index in [0.717, 1.165) is 35.8 Å². The Labute approximate surface area is 181 Å². The van der Waals surface area contributed by atoms with Crippen LogP contribution in [0.3, 0.4) is 0 Å². The predicted molar refractivity (Wildman–Crippen MR) is 110 cm³/mol.